The van der Waals surface area contributed by atoms with Crippen molar-refractivity contribution in [3.8, 4) is 5.75 Å². The van der Waals surface area contributed by atoms with Gasteiger partial charge < -0.3 is 10.5 Å². The van der Waals surface area contributed by atoms with E-state index in [1.165, 1.54) is 19.2 Å². The number of amides is 1. The van der Waals surface area contributed by atoms with E-state index in [1.807, 2.05) is 0 Å². The number of nitro groups is 1. The Morgan fingerprint density at radius 1 is 1.55 bits per heavy atom. The number of hydrogen-bond donors (Lipinski definition) is 2. The minimum atomic E-state index is -0.574. The third-order valence-electron chi connectivity index (χ3n) is 2.40. The molecule has 2 aromatic rings. The maximum atomic E-state index is 12.0. The minimum Gasteiger partial charge on any atom is -0.497 e. The molecule has 1 aromatic heterocycles. The fourth-order valence-corrected chi connectivity index (χ4v) is 2.07. The first-order valence-electron chi connectivity index (χ1n) is 5.36. The molecule has 0 saturated heterocycles. The van der Waals surface area contributed by atoms with Gasteiger partial charge in [-0.3, -0.25) is 20.2 Å². The van der Waals surface area contributed by atoms with Crippen LogP contribution in [0.15, 0.2) is 24.4 Å². The van der Waals surface area contributed by atoms with Crippen LogP contribution in [0.4, 0.5) is 15.8 Å². The van der Waals surface area contributed by atoms with E-state index in [1.54, 1.807) is 6.07 Å². The molecule has 9 heteroatoms. The number of carbonyl (C=O) groups excluding carboxylic acids is 1. The van der Waals surface area contributed by atoms with Crippen LogP contribution in [0.1, 0.15) is 10.4 Å². The third-order valence-corrected chi connectivity index (χ3v) is 3.26. The maximum Gasteiger partial charge on any atom is 0.345 e. The molecule has 0 saturated carbocycles. The van der Waals surface area contributed by atoms with Crippen molar-refractivity contribution in [3.63, 3.8) is 0 Å². The first-order valence-corrected chi connectivity index (χ1v) is 6.18. The predicted molar refractivity (Wildman–Crippen MR) is 74.1 cm³/mol. The number of rotatable bonds is 4. The summed E-state index contributed by atoms with van der Waals surface area (Å²) in [5.41, 5.74) is 6.22. The molecular weight excluding hydrogens is 284 g/mol. The van der Waals surface area contributed by atoms with Crippen molar-refractivity contribution in [2.75, 3.05) is 18.2 Å². The van der Waals surface area contributed by atoms with Crippen molar-refractivity contribution in [2.45, 2.75) is 0 Å². The highest BCUT2D eigenvalue weighted by Gasteiger charge is 2.16. The second kappa shape index (κ2) is 5.53. The van der Waals surface area contributed by atoms with Crippen molar-refractivity contribution in [1.29, 1.82) is 0 Å². The molecule has 0 fully saturated rings. The van der Waals surface area contributed by atoms with Crippen LogP contribution in [-0.4, -0.2) is 22.9 Å². The fourth-order valence-electron chi connectivity index (χ4n) is 1.45. The van der Waals surface area contributed by atoms with E-state index < -0.39 is 10.8 Å². The Morgan fingerprint density at radius 3 is 2.85 bits per heavy atom. The van der Waals surface area contributed by atoms with E-state index in [-0.39, 0.29) is 21.4 Å². The lowest BCUT2D eigenvalue weighted by Gasteiger charge is -2.07. The number of hydrogen-bond acceptors (Lipinski definition) is 7. The average Bonchev–Trinajstić information content (AvgIpc) is 2.87. The van der Waals surface area contributed by atoms with Crippen LogP contribution in [0.2, 0.25) is 0 Å². The van der Waals surface area contributed by atoms with E-state index in [9.17, 15) is 14.9 Å². The van der Waals surface area contributed by atoms with Crippen LogP contribution < -0.4 is 15.8 Å². The quantitative estimate of drug-likeness (QED) is 0.504. The average molecular weight is 294 g/mol. The molecule has 0 radical (unpaired) electrons. The smallest absolute Gasteiger partial charge is 0.345 e. The van der Waals surface area contributed by atoms with E-state index in [4.69, 9.17) is 10.5 Å². The second-order valence-corrected chi connectivity index (χ2v) is 4.68. The molecule has 104 valence electrons. The molecule has 1 amide bonds. The standard InChI is InChI=1S/C11H10N4O4S/c1-19-6-2-3-7(8(12)4-6)10(16)14-11-13-5-9(20-11)15(17)18/h2-5H,12H2,1H3,(H,13,14,16). The lowest BCUT2D eigenvalue weighted by molar-refractivity contribution is -0.380. The topological polar surface area (TPSA) is 120 Å². The lowest BCUT2D eigenvalue weighted by atomic mass is 10.1. The van der Waals surface area contributed by atoms with E-state index >= 15 is 0 Å². The number of anilines is 2. The van der Waals surface area contributed by atoms with Gasteiger partial charge in [0.2, 0.25) is 0 Å². The van der Waals surface area contributed by atoms with Gasteiger partial charge in [0.15, 0.2) is 5.13 Å². The zero-order valence-corrected chi connectivity index (χ0v) is 11.1. The van der Waals surface area contributed by atoms with Gasteiger partial charge in [-0.15, -0.1) is 0 Å². The van der Waals surface area contributed by atoms with Crippen LogP contribution in [0.5, 0.6) is 5.75 Å². The number of nitrogens with two attached hydrogens (primary N) is 1. The molecule has 0 bridgehead atoms. The number of aromatic nitrogens is 1. The third kappa shape index (κ3) is 2.83. The van der Waals surface area contributed by atoms with Crippen molar-refractivity contribution >= 4 is 33.1 Å². The molecule has 2 rings (SSSR count). The van der Waals surface area contributed by atoms with Crippen LogP contribution >= 0.6 is 11.3 Å². The number of carbonyl (C=O) groups is 1. The SMILES string of the molecule is COc1ccc(C(=O)Nc2ncc([N+](=O)[O-])s2)c(N)c1. The number of benzene rings is 1. The number of nitrogen functional groups attached to an aromatic ring is 1. The number of nitrogens with zero attached hydrogens (tertiary/aromatic N) is 2. The monoisotopic (exact) mass is 294 g/mol. The Kier molecular flexibility index (Phi) is 3.80. The summed E-state index contributed by atoms with van der Waals surface area (Å²) in [6.45, 7) is 0. The van der Waals surface area contributed by atoms with Gasteiger partial charge in [0.05, 0.1) is 17.6 Å². The Hall–Kier alpha value is -2.68. The summed E-state index contributed by atoms with van der Waals surface area (Å²) in [4.78, 5) is 25.7. The van der Waals surface area contributed by atoms with Crippen molar-refractivity contribution in [1.82, 2.24) is 4.98 Å². The lowest BCUT2D eigenvalue weighted by Crippen LogP contribution is -2.13. The molecule has 3 N–H and O–H groups in total. The summed E-state index contributed by atoms with van der Waals surface area (Å²) < 4.78 is 4.98. The highest BCUT2D eigenvalue weighted by molar-refractivity contribution is 7.18. The first-order chi connectivity index (χ1) is 9.51. The summed E-state index contributed by atoms with van der Waals surface area (Å²) in [5, 5.41) is 13.0. The van der Waals surface area contributed by atoms with Gasteiger partial charge in [0.1, 0.15) is 11.9 Å². The molecule has 0 aliphatic heterocycles. The van der Waals surface area contributed by atoms with Gasteiger partial charge >= 0.3 is 5.00 Å². The number of ether oxygens (including phenoxy) is 1. The van der Waals surface area contributed by atoms with Crippen molar-refractivity contribution in [3.05, 3.63) is 40.1 Å². The highest BCUT2D eigenvalue weighted by Crippen LogP contribution is 2.26. The molecule has 0 atom stereocenters. The van der Waals surface area contributed by atoms with E-state index in [0.717, 1.165) is 17.5 Å². The largest absolute Gasteiger partial charge is 0.497 e. The zero-order chi connectivity index (χ0) is 14.7. The Balaban J connectivity index is 2.17. The van der Waals surface area contributed by atoms with Gasteiger partial charge in [-0.2, -0.15) is 0 Å². The molecule has 0 spiro atoms. The van der Waals surface area contributed by atoms with Crippen molar-refractivity contribution < 1.29 is 14.5 Å². The summed E-state index contributed by atoms with van der Waals surface area (Å²) in [7, 11) is 1.49. The highest BCUT2D eigenvalue weighted by atomic mass is 32.1. The van der Waals surface area contributed by atoms with E-state index in [2.05, 4.69) is 10.3 Å². The molecule has 0 unspecified atom stereocenters. The fraction of sp³-hybridized carbons (Fsp3) is 0.0909. The normalized spacial score (nSPS) is 10.1. The van der Waals surface area contributed by atoms with E-state index in [0.29, 0.717) is 5.75 Å². The van der Waals surface area contributed by atoms with Gasteiger partial charge in [-0.25, -0.2) is 4.98 Å². The molecule has 8 nitrogen and oxygen atoms in total. The Bertz CT molecular complexity index is 670. The summed E-state index contributed by atoms with van der Waals surface area (Å²) in [6.07, 6.45) is 1.08. The maximum absolute atomic E-state index is 12.0. The van der Waals surface area contributed by atoms with Crippen molar-refractivity contribution in [2.24, 2.45) is 0 Å². The van der Waals surface area contributed by atoms with Crippen LogP contribution in [0.3, 0.4) is 0 Å². The van der Waals surface area contributed by atoms with Crippen LogP contribution in [0.25, 0.3) is 0 Å². The van der Waals surface area contributed by atoms with Gasteiger partial charge in [-0.1, -0.05) is 0 Å². The number of methoxy groups -OCH3 is 1. The van der Waals surface area contributed by atoms with Crippen LogP contribution in [-0.2, 0) is 0 Å². The Morgan fingerprint density at radius 2 is 2.30 bits per heavy atom. The minimum absolute atomic E-state index is 0.136. The number of thiazole rings is 1. The second-order valence-electron chi connectivity index (χ2n) is 3.67. The first kappa shape index (κ1) is 13.7. The summed E-state index contributed by atoms with van der Waals surface area (Å²) >= 11 is 0.770. The molecule has 0 aliphatic rings. The molecule has 1 heterocycles. The molecule has 20 heavy (non-hydrogen) atoms. The molecular formula is C11H10N4O4S. The summed E-state index contributed by atoms with van der Waals surface area (Å²) in [5.74, 6) is 0.0401. The molecule has 1 aromatic carbocycles. The van der Waals surface area contributed by atoms with Gasteiger partial charge in [0, 0.05) is 11.8 Å². The molecule has 0 aliphatic carbocycles. The predicted octanol–water partition coefficient (Wildman–Crippen LogP) is 1.89. The zero-order valence-electron chi connectivity index (χ0n) is 10.3. The Labute approximate surface area is 117 Å². The van der Waals surface area contributed by atoms with Crippen LogP contribution in [0, 0.1) is 10.1 Å². The number of nitrogens with one attached hydrogen (secondary N) is 1. The summed E-state index contributed by atoms with van der Waals surface area (Å²) in [6, 6.07) is 4.61. The van der Waals surface area contributed by atoms with Gasteiger partial charge in [0.25, 0.3) is 5.91 Å². The van der Waals surface area contributed by atoms with Gasteiger partial charge in [-0.05, 0) is 23.5 Å².